The number of carbonyl (C=O) groups is 1. The van der Waals surface area contributed by atoms with Crippen molar-refractivity contribution in [3.63, 3.8) is 0 Å². The number of rotatable bonds is 4. The van der Waals surface area contributed by atoms with Crippen LogP contribution in [0.1, 0.15) is 19.7 Å². The van der Waals surface area contributed by atoms with Crippen LogP contribution in [0.2, 0.25) is 0 Å². The Kier molecular flexibility index (Phi) is 3.85. The van der Waals surface area contributed by atoms with Gasteiger partial charge in [0.15, 0.2) is 0 Å². The number of aromatic nitrogens is 2. The largest absolute Gasteiger partial charge is 0.349 e. The summed E-state index contributed by atoms with van der Waals surface area (Å²) in [5.74, 6) is 0.624. The van der Waals surface area contributed by atoms with Crippen molar-refractivity contribution in [1.82, 2.24) is 14.9 Å². The van der Waals surface area contributed by atoms with Gasteiger partial charge in [-0.1, -0.05) is 6.92 Å². The van der Waals surface area contributed by atoms with E-state index in [1.807, 2.05) is 31.7 Å². The van der Waals surface area contributed by atoms with Gasteiger partial charge in [0, 0.05) is 31.4 Å². The molecule has 1 rings (SSSR count). The molecule has 0 aliphatic carbocycles. The van der Waals surface area contributed by atoms with Crippen LogP contribution in [0.5, 0.6) is 0 Å². The quantitative estimate of drug-likeness (QED) is 0.735. The molecule has 84 valence electrons. The maximum Gasteiger partial charge on any atom is 0.224 e. The van der Waals surface area contributed by atoms with Crippen molar-refractivity contribution in [3.05, 3.63) is 18.2 Å². The van der Waals surface area contributed by atoms with Crippen molar-refractivity contribution in [3.8, 4) is 0 Å². The summed E-state index contributed by atoms with van der Waals surface area (Å²) in [6.45, 7) is 4.09. The molecule has 3 N–H and O–H groups in total. The van der Waals surface area contributed by atoms with Crippen LogP contribution < -0.4 is 11.1 Å². The average molecular weight is 210 g/mol. The van der Waals surface area contributed by atoms with E-state index < -0.39 is 0 Å². The fourth-order valence-corrected chi connectivity index (χ4v) is 1.13. The second kappa shape index (κ2) is 4.93. The molecule has 1 amide bonds. The lowest BCUT2D eigenvalue weighted by molar-refractivity contribution is -0.125. The molecule has 0 saturated heterocycles. The number of hydrogen-bond acceptors (Lipinski definition) is 3. The van der Waals surface area contributed by atoms with Crippen LogP contribution in [0.3, 0.4) is 0 Å². The number of carbonyl (C=O) groups excluding carboxylic acids is 1. The van der Waals surface area contributed by atoms with Crippen LogP contribution in [0, 0.1) is 5.92 Å². The highest BCUT2D eigenvalue weighted by Crippen LogP contribution is 2.00. The van der Waals surface area contributed by atoms with E-state index in [0.29, 0.717) is 6.54 Å². The molecule has 1 aromatic rings. The monoisotopic (exact) mass is 210 g/mol. The highest BCUT2D eigenvalue weighted by atomic mass is 16.1. The summed E-state index contributed by atoms with van der Waals surface area (Å²) in [6.07, 6.45) is 3.55. The number of imidazole rings is 1. The molecule has 0 aromatic carbocycles. The van der Waals surface area contributed by atoms with Crippen LogP contribution in [0.25, 0.3) is 0 Å². The van der Waals surface area contributed by atoms with Crippen LogP contribution in [0.4, 0.5) is 0 Å². The fraction of sp³-hybridized carbons (Fsp3) is 0.600. The lowest BCUT2D eigenvalue weighted by Crippen LogP contribution is -2.38. The van der Waals surface area contributed by atoms with Crippen LogP contribution >= 0.6 is 0 Å². The Morgan fingerprint density at radius 1 is 1.67 bits per heavy atom. The second-order valence-electron chi connectivity index (χ2n) is 3.82. The van der Waals surface area contributed by atoms with Gasteiger partial charge in [0.1, 0.15) is 5.82 Å². The minimum Gasteiger partial charge on any atom is -0.349 e. The summed E-state index contributed by atoms with van der Waals surface area (Å²) >= 11 is 0. The topological polar surface area (TPSA) is 72.9 Å². The van der Waals surface area contributed by atoms with Gasteiger partial charge in [-0.15, -0.1) is 0 Å². The van der Waals surface area contributed by atoms with Gasteiger partial charge >= 0.3 is 0 Å². The minimum absolute atomic E-state index is 0.0343. The fourth-order valence-electron chi connectivity index (χ4n) is 1.13. The summed E-state index contributed by atoms with van der Waals surface area (Å²) in [5, 5.41) is 2.80. The van der Waals surface area contributed by atoms with Gasteiger partial charge in [0.2, 0.25) is 5.91 Å². The zero-order valence-electron chi connectivity index (χ0n) is 9.40. The molecule has 0 radical (unpaired) electrons. The lowest BCUT2D eigenvalue weighted by atomic mass is 10.0. The van der Waals surface area contributed by atoms with E-state index in [1.165, 1.54) is 0 Å². The standard InChI is InChI=1S/C10H18N4O/c1-7(8(2)11)10(15)13-6-9-12-4-5-14(9)3/h4-5,7-8H,6,11H2,1-3H3,(H,13,15). The van der Waals surface area contributed by atoms with E-state index in [9.17, 15) is 4.79 Å². The SMILES string of the molecule is CC(N)C(C)C(=O)NCc1nccn1C. The first kappa shape index (κ1) is 11.7. The second-order valence-corrected chi connectivity index (χ2v) is 3.82. The van der Waals surface area contributed by atoms with Crippen molar-refractivity contribution in [2.45, 2.75) is 26.4 Å². The van der Waals surface area contributed by atoms with E-state index in [-0.39, 0.29) is 17.9 Å². The van der Waals surface area contributed by atoms with E-state index in [1.54, 1.807) is 6.20 Å². The number of nitrogens with two attached hydrogens (primary N) is 1. The molecule has 1 heterocycles. The number of hydrogen-bond donors (Lipinski definition) is 2. The lowest BCUT2D eigenvalue weighted by Gasteiger charge is -2.15. The molecule has 0 bridgehead atoms. The summed E-state index contributed by atoms with van der Waals surface area (Å²) in [6, 6.07) is -0.133. The Hall–Kier alpha value is -1.36. The maximum atomic E-state index is 11.6. The molecule has 0 saturated carbocycles. The maximum absolute atomic E-state index is 11.6. The van der Waals surface area contributed by atoms with Crippen molar-refractivity contribution in [1.29, 1.82) is 0 Å². The van der Waals surface area contributed by atoms with Gasteiger partial charge < -0.3 is 15.6 Å². The smallest absolute Gasteiger partial charge is 0.224 e. The first-order valence-corrected chi connectivity index (χ1v) is 5.02. The molecule has 5 nitrogen and oxygen atoms in total. The third-order valence-corrected chi connectivity index (χ3v) is 2.54. The number of nitrogens with one attached hydrogen (secondary N) is 1. The normalized spacial score (nSPS) is 14.7. The van der Waals surface area contributed by atoms with E-state index in [2.05, 4.69) is 10.3 Å². The molecule has 1 aromatic heterocycles. The van der Waals surface area contributed by atoms with Crippen LogP contribution in [-0.4, -0.2) is 21.5 Å². The molecule has 2 atom stereocenters. The third kappa shape index (κ3) is 3.06. The zero-order valence-corrected chi connectivity index (χ0v) is 9.40. The van der Waals surface area contributed by atoms with Crippen LogP contribution in [0.15, 0.2) is 12.4 Å². The number of amides is 1. The molecule has 0 fully saturated rings. The van der Waals surface area contributed by atoms with E-state index in [0.717, 1.165) is 5.82 Å². The third-order valence-electron chi connectivity index (χ3n) is 2.54. The van der Waals surface area contributed by atoms with Gasteiger partial charge in [-0.2, -0.15) is 0 Å². The van der Waals surface area contributed by atoms with Gasteiger partial charge in [-0.25, -0.2) is 4.98 Å². The van der Waals surface area contributed by atoms with Gasteiger partial charge in [-0.3, -0.25) is 4.79 Å². The van der Waals surface area contributed by atoms with E-state index >= 15 is 0 Å². The van der Waals surface area contributed by atoms with Crippen molar-refractivity contribution >= 4 is 5.91 Å². The Labute approximate surface area is 89.7 Å². The first-order chi connectivity index (χ1) is 7.02. The highest BCUT2D eigenvalue weighted by Gasteiger charge is 2.16. The van der Waals surface area contributed by atoms with Gasteiger partial charge in [0.25, 0.3) is 0 Å². The minimum atomic E-state index is -0.176. The number of aryl methyl sites for hydroxylation is 1. The van der Waals surface area contributed by atoms with Gasteiger partial charge in [-0.05, 0) is 6.92 Å². The summed E-state index contributed by atoms with van der Waals surface area (Å²) in [7, 11) is 1.89. The molecular formula is C10H18N4O. The molecule has 0 aliphatic rings. The Bertz CT molecular complexity index is 332. The molecule has 5 heteroatoms. The average Bonchev–Trinajstić information content (AvgIpc) is 2.59. The summed E-state index contributed by atoms with van der Waals surface area (Å²) < 4.78 is 1.87. The molecule has 2 unspecified atom stereocenters. The Morgan fingerprint density at radius 2 is 2.33 bits per heavy atom. The molecule has 0 spiro atoms. The summed E-state index contributed by atoms with van der Waals surface area (Å²) in [4.78, 5) is 15.7. The van der Waals surface area contributed by atoms with Crippen LogP contribution in [-0.2, 0) is 18.4 Å². The van der Waals surface area contributed by atoms with Crippen molar-refractivity contribution < 1.29 is 4.79 Å². The van der Waals surface area contributed by atoms with Crippen molar-refractivity contribution in [2.75, 3.05) is 0 Å². The Morgan fingerprint density at radius 3 is 2.80 bits per heavy atom. The zero-order chi connectivity index (χ0) is 11.4. The molecular weight excluding hydrogens is 192 g/mol. The molecule has 0 aliphatic heterocycles. The number of nitrogens with zero attached hydrogens (tertiary/aromatic N) is 2. The van der Waals surface area contributed by atoms with E-state index in [4.69, 9.17) is 5.73 Å². The van der Waals surface area contributed by atoms with Crippen molar-refractivity contribution in [2.24, 2.45) is 18.7 Å². The molecule has 15 heavy (non-hydrogen) atoms. The predicted octanol–water partition coefficient (Wildman–Crippen LogP) is 0.0196. The van der Waals surface area contributed by atoms with Gasteiger partial charge in [0.05, 0.1) is 6.54 Å². The highest BCUT2D eigenvalue weighted by molar-refractivity contribution is 5.78. The predicted molar refractivity (Wildman–Crippen MR) is 57.9 cm³/mol. The summed E-state index contributed by atoms with van der Waals surface area (Å²) in [5.41, 5.74) is 5.63. The first-order valence-electron chi connectivity index (χ1n) is 5.02. The Balaban J connectivity index is 2.44.